The number of hydrogen-bond acceptors (Lipinski definition) is 5. The lowest BCUT2D eigenvalue weighted by molar-refractivity contribution is 0.383. The fourth-order valence-corrected chi connectivity index (χ4v) is 4.98. The number of thioether (sulfide) groups is 2. The Morgan fingerprint density at radius 1 is 1.24 bits per heavy atom. The average Bonchev–Trinajstić information content (AvgIpc) is 2.45. The molecule has 0 aromatic heterocycles. The number of anilines is 1. The highest BCUT2D eigenvalue weighted by Gasteiger charge is 2.22. The van der Waals surface area contributed by atoms with Gasteiger partial charge in [-0.25, -0.2) is 12.7 Å². The molecule has 0 aliphatic rings. The zero-order valence-corrected chi connectivity index (χ0v) is 15.2. The van der Waals surface area contributed by atoms with Gasteiger partial charge in [0, 0.05) is 29.4 Å². The van der Waals surface area contributed by atoms with E-state index in [4.69, 9.17) is 5.73 Å². The molecule has 1 aromatic rings. The minimum Gasteiger partial charge on any atom is -0.399 e. The zero-order valence-electron chi connectivity index (χ0n) is 12.8. The van der Waals surface area contributed by atoms with Gasteiger partial charge in [-0.2, -0.15) is 11.8 Å². The molecule has 1 atom stereocenters. The van der Waals surface area contributed by atoms with E-state index < -0.39 is 10.0 Å². The topological polar surface area (TPSA) is 63.4 Å². The summed E-state index contributed by atoms with van der Waals surface area (Å²) in [6, 6.07) is 7.53. The first kappa shape index (κ1) is 18.7. The van der Waals surface area contributed by atoms with E-state index in [1.807, 2.05) is 37.4 Å². The van der Waals surface area contributed by atoms with Gasteiger partial charge in [-0.05, 0) is 49.6 Å². The Labute approximate surface area is 136 Å². The van der Waals surface area contributed by atoms with Gasteiger partial charge in [0.05, 0.1) is 5.75 Å². The van der Waals surface area contributed by atoms with Gasteiger partial charge in [0.1, 0.15) is 0 Å². The Hall–Kier alpha value is -0.370. The summed E-state index contributed by atoms with van der Waals surface area (Å²) in [7, 11) is -1.51. The summed E-state index contributed by atoms with van der Waals surface area (Å²) in [5.74, 6) is 1.68. The van der Waals surface area contributed by atoms with Gasteiger partial charge in [0.25, 0.3) is 0 Å². The lowest BCUT2D eigenvalue weighted by Gasteiger charge is -2.24. The van der Waals surface area contributed by atoms with Crippen molar-refractivity contribution in [2.45, 2.75) is 24.3 Å². The fraction of sp³-hybridized carbons (Fsp3) is 0.571. The molecule has 0 fully saturated rings. The van der Waals surface area contributed by atoms with E-state index in [-0.39, 0.29) is 11.8 Å². The van der Waals surface area contributed by atoms with Crippen molar-refractivity contribution in [3.05, 3.63) is 24.3 Å². The van der Waals surface area contributed by atoms with Crippen molar-refractivity contribution in [3.8, 4) is 0 Å². The predicted octanol–water partition coefficient (Wildman–Crippen LogP) is 2.76. The third-order valence-corrected chi connectivity index (χ3v) is 7.16. The molecule has 1 aromatic carbocycles. The van der Waals surface area contributed by atoms with Crippen LogP contribution in [0.4, 0.5) is 5.69 Å². The van der Waals surface area contributed by atoms with Gasteiger partial charge < -0.3 is 5.73 Å². The lowest BCUT2D eigenvalue weighted by atomic mass is 10.3. The highest BCUT2D eigenvalue weighted by molar-refractivity contribution is 8.00. The average molecular weight is 349 g/mol. The summed E-state index contributed by atoms with van der Waals surface area (Å²) in [4.78, 5) is 1.04. The summed E-state index contributed by atoms with van der Waals surface area (Å²) >= 11 is 3.28. The van der Waals surface area contributed by atoms with Gasteiger partial charge in [-0.15, -0.1) is 11.8 Å². The molecular formula is C14H24N2O2S3. The molecule has 1 rings (SSSR count). The Bertz CT molecular complexity index is 518. The van der Waals surface area contributed by atoms with Gasteiger partial charge >= 0.3 is 0 Å². The molecule has 0 radical (unpaired) electrons. The normalized spacial score (nSPS) is 13.5. The third-order valence-electron chi connectivity index (χ3n) is 3.29. The second-order valence-electron chi connectivity index (χ2n) is 4.88. The molecule has 21 heavy (non-hydrogen) atoms. The maximum absolute atomic E-state index is 12.3. The molecule has 4 nitrogen and oxygen atoms in total. The largest absolute Gasteiger partial charge is 0.399 e. The number of hydrogen-bond donors (Lipinski definition) is 1. The number of nitrogens with two attached hydrogens (primary N) is 1. The maximum atomic E-state index is 12.3. The molecule has 0 bridgehead atoms. The molecule has 0 spiro atoms. The van der Waals surface area contributed by atoms with E-state index in [2.05, 4.69) is 0 Å². The van der Waals surface area contributed by atoms with Crippen LogP contribution in [0.1, 0.15) is 13.3 Å². The number of nitrogen functional groups attached to an aromatic ring is 1. The lowest BCUT2D eigenvalue weighted by Crippen LogP contribution is -2.37. The van der Waals surface area contributed by atoms with E-state index in [0.717, 1.165) is 17.1 Å². The van der Waals surface area contributed by atoms with E-state index in [9.17, 15) is 8.42 Å². The van der Waals surface area contributed by atoms with Crippen molar-refractivity contribution < 1.29 is 8.42 Å². The third kappa shape index (κ3) is 6.50. The monoisotopic (exact) mass is 348 g/mol. The number of nitrogens with zero attached hydrogens (tertiary/aromatic N) is 1. The Kier molecular flexibility index (Phi) is 7.94. The van der Waals surface area contributed by atoms with Crippen LogP contribution in [0.3, 0.4) is 0 Å². The molecule has 7 heteroatoms. The van der Waals surface area contributed by atoms with Crippen molar-refractivity contribution in [3.63, 3.8) is 0 Å². The van der Waals surface area contributed by atoms with Crippen LogP contribution in [0.15, 0.2) is 29.2 Å². The van der Waals surface area contributed by atoms with E-state index in [0.29, 0.717) is 11.4 Å². The number of rotatable bonds is 9. The molecule has 0 saturated carbocycles. The van der Waals surface area contributed by atoms with Crippen molar-refractivity contribution in [2.75, 3.05) is 36.3 Å². The van der Waals surface area contributed by atoms with Crippen LogP contribution in [0.5, 0.6) is 0 Å². The summed E-state index contributed by atoms with van der Waals surface area (Å²) in [5.41, 5.74) is 6.34. The molecule has 0 aliphatic heterocycles. The van der Waals surface area contributed by atoms with E-state index in [1.165, 1.54) is 16.1 Å². The predicted molar refractivity (Wildman–Crippen MR) is 95.6 cm³/mol. The minimum atomic E-state index is -3.19. The standard InChI is InChI=1S/C14H24N2O2S3/c1-12(8-9-19-3)16(2)21(17,18)11-10-20-14-6-4-13(15)5-7-14/h4-7,12H,8-11,15H2,1-3H3. The summed E-state index contributed by atoms with van der Waals surface area (Å²) < 4.78 is 26.0. The first-order valence-corrected chi connectivity index (χ1v) is 10.8. The second kappa shape index (κ2) is 8.92. The van der Waals surface area contributed by atoms with Crippen molar-refractivity contribution >= 4 is 39.2 Å². The Balaban J connectivity index is 2.46. The minimum absolute atomic E-state index is 0.0453. The molecule has 0 heterocycles. The van der Waals surface area contributed by atoms with Crippen LogP contribution >= 0.6 is 23.5 Å². The van der Waals surface area contributed by atoms with Crippen LogP contribution < -0.4 is 5.73 Å². The van der Waals surface area contributed by atoms with E-state index >= 15 is 0 Å². The van der Waals surface area contributed by atoms with Crippen LogP contribution in [0, 0.1) is 0 Å². The zero-order chi connectivity index (χ0) is 15.9. The van der Waals surface area contributed by atoms with Gasteiger partial charge in [-0.3, -0.25) is 0 Å². The van der Waals surface area contributed by atoms with Crippen LogP contribution in [-0.2, 0) is 10.0 Å². The summed E-state index contributed by atoms with van der Waals surface area (Å²) in [5, 5.41) is 0. The number of sulfonamides is 1. The van der Waals surface area contributed by atoms with E-state index in [1.54, 1.807) is 18.8 Å². The van der Waals surface area contributed by atoms with Crippen molar-refractivity contribution in [1.29, 1.82) is 0 Å². The summed E-state index contributed by atoms with van der Waals surface area (Å²) in [6.07, 6.45) is 2.91. The SMILES string of the molecule is CSCCC(C)N(C)S(=O)(=O)CCSc1ccc(N)cc1. The fourth-order valence-electron chi connectivity index (χ4n) is 1.72. The highest BCUT2D eigenvalue weighted by Crippen LogP contribution is 2.20. The van der Waals surface area contributed by atoms with Gasteiger partial charge in [0.15, 0.2) is 0 Å². The maximum Gasteiger partial charge on any atom is 0.214 e. The van der Waals surface area contributed by atoms with Crippen LogP contribution in [-0.4, -0.2) is 49.3 Å². The smallest absolute Gasteiger partial charge is 0.214 e. The molecular weight excluding hydrogens is 324 g/mol. The first-order chi connectivity index (χ1) is 9.86. The van der Waals surface area contributed by atoms with Crippen molar-refractivity contribution in [1.82, 2.24) is 4.31 Å². The van der Waals surface area contributed by atoms with Crippen molar-refractivity contribution in [2.24, 2.45) is 0 Å². The molecule has 0 amide bonds. The molecule has 120 valence electrons. The van der Waals surface area contributed by atoms with Gasteiger partial charge in [0.2, 0.25) is 10.0 Å². The Morgan fingerprint density at radius 3 is 2.43 bits per heavy atom. The molecule has 2 N–H and O–H groups in total. The molecule has 1 unspecified atom stereocenters. The van der Waals surface area contributed by atoms with Crippen LogP contribution in [0.25, 0.3) is 0 Å². The number of benzene rings is 1. The Morgan fingerprint density at radius 2 is 1.86 bits per heavy atom. The molecule has 0 saturated heterocycles. The second-order valence-corrected chi connectivity index (χ2v) is 9.18. The van der Waals surface area contributed by atoms with Gasteiger partial charge in [-0.1, -0.05) is 0 Å². The first-order valence-electron chi connectivity index (χ1n) is 6.80. The summed E-state index contributed by atoms with van der Waals surface area (Å²) in [6.45, 7) is 1.96. The van der Waals surface area contributed by atoms with Crippen LogP contribution in [0.2, 0.25) is 0 Å². The highest BCUT2D eigenvalue weighted by atomic mass is 32.2. The quantitative estimate of drug-likeness (QED) is 0.549. The molecule has 0 aliphatic carbocycles.